The van der Waals surface area contributed by atoms with Gasteiger partial charge >= 0.3 is 5.69 Å². The van der Waals surface area contributed by atoms with Crippen LogP contribution in [0.5, 0.6) is 0 Å². The lowest BCUT2D eigenvalue weighted by Gasteiger charge is -2.18. The minimum atomic E-state index is -0.355. The summed E-state index contributed by atoms with van der Waals surface area (Å²) in [5, 5.41) is 0. The summed E-state index contributed by atoms with van der Waals surface area (Å²) in [4.78, 5) is 29.0. The standard InChI is InChI=1S/C24H26N4O2/c1-26-22-21(23(29)27(2)24(26)30)28(17-25-22)16-10-9-15-20(18-11-5-3-6-12-18)19-13-7-4-8-14-19/h3-8,11-14,17,20H,9-10,15-16H2,1-2H3. The van der Waals surface area contributed by atoms with E-state index in [1.54, 1.807) is 13.4 Å². The highest BCUT2D eigenvalue weighted by Gasteiger charge is 2.15. The van der Waals surface area contributed by atoms with Crippen LogP contribution in [0.25, 0.3) is 11.2 Å². The fourth-order valence-corrected chi connectivity index (χ4v) is 4.09. The Morgan fingerprint density at radius 2 is 1.43 bits per heavy atom. The normalized spacial score (nSPS) is 11.4. The Labute approximate surface area is 175 Å². The van der Waals surface area contributed by atoms with Gasteiger partial charge in [-0.25, -0.2) is 9.78 Å². The van der Waals surface area contributed by atoms with Gasteiger partial charge in [-0.1, -0.05) is 67.1 Å². The van der Waals surface area contributed by atoms with E-state index in [4.69, 9.17) is 0 Å². The second-order valence-electron chi connectivity index (χ2n) is 7.69. The molecule has 0 bridgehead atoms. The summed E-state index contributed by atoms with van der Waals surface area (Å²) >= 11 is 0. The van der Waals surface area contributed by atoms with Gasteiger partial charge in [0.05, 0.1) is 6.33 Å². The van der Waals surface area contributed by atoms with Crippen molar-refractivity contribution in [2.24, 2.45) is 14.1 Å². The first-order chi connectivity index (χ1) is 14.6. The van der Waals surface area contributed by atoms with Crippen molar-refractivity contribution < 1.29 is 0 Å². The summed E-state index contributed by atoms with van der Waals surface area (Å²) in [7, 11) is 3.15. The van der Waals surface area contributed by atoms with E-state index < -0.39 is 0 Å². The molecule has 0 unspecified atom stereocenters. The van der Waals surface area contributed by atoms with Crippen LogP contribution < -0.4 is 11.2 Å². The third kappa shape index (κ3) is 3.73. The predicted molar refractivity (Wildman–Crippen MR) is 119 cm³/mol. The number of rotatable bonds is 7. The Morgan fingerprint density at radius 1 is 0.833 bits per heavy atom. The number of hydrogen-bond donors (Lipinski definition) is 0. The Kier molecular flexibility index (Phi) is 5.65. The first-order valence-electron chi connectivity index (χ1n) is 10.3. The van der Waals surface area contributed by atoms with Gasteiger partial charge in [-0.2, -0.15) is 0 Å². The lowest BCUT2D eigenvalue weighted by Crippen LogP contribution is -2.37. The van der Waals surface area contributed by atoms with Gasteiger partial charge < -0.3 is 4.57 Å². The van der Waals surface area contributed by atoms with Crippen LogP contribution in [0.2, 0.25) is 0 Å². The predicted octanol–water partition coefficient (Wildman–Crippen LogP) is 3.44. The molecule has 2 aromatic carbocycles. The first-order valence-corrected chi connectivity index (χ1v) is 10.3. The molecule has 0 N–H and O–H groups in total. The second-order valence-corrected chi connectivity index (χ2v) is 7.69. The third-order valence-corrected chi connectivity index (χ3v) is 5.76. The van der Waals surface area contributed by atoms with Crippen LogP contribution in [-0.4, -0.2) is 18.7 Å². The molecule has 0 spiro atoms. The number of fused-ring (bicyclic) bond motifs is 1. The van der Waals surface area contributed by atoms with E-state index in [1.165, 1.54) is 22.7 Å². The van der Waals surface area contributed by atoms with E-state index in [0.29, 0.717) is 23.6 Å². The molecule has 4 aromatic rings. The van der Waals surface area contributed by atoms with Crippen molar-refractivity contribution in [2.75, 3.05) is 0 Å². The SMILES string of the molecule is Cn1c(=O)c2c(ncn2CCCCC(c2ccccc2)c2ccccc2)n(C)c1=O. The van der Waals surface area contributed by atoms with E-state index in [0.717, 1.165) is 23.8 Å². The summed E-state index contributed by atoms with van der Waals surface area (Å²) in [6.07, 6.45) is 4.63. The summed E-state index contributed by atoms with van der Waals surface area (Å²) in [5.41, 5.74) is 2.92. The minimum Gasteiger partial charge on any atom is -0.325 e. The molecular formula is C24H26N4O2. The summed E-state index contributed by atoms with van der Waals surface area (Å²) in [6, 6.07) is 21.2. The lowest BCUT2D eigenvalue weighted by atomic mass is 9.87. The molecule has 154 valence electrons. The number of imidazole rings is 1. The van der Waals surface area contributed by atoms with E-state index in [2.05, 4.69) is 53.5 Å². The smallest absolute Gasteiger partial charge is 0.325 e. The average molecular weight is 402 g/mol. The fraction of sp³-hybridized carbons (Fsp3) is 0.292. The van der Waals surface area contributed by atoms with Crippen LogP contribution in [0, 0.1) is 0 Å². The van der Waals surface area contributed by atoms with Crippen molar-refractivity contribution in [1.29, 1.82) is 0 Å². The van der Waals surface area contributed by atoms with Crippen molar-refractivity contribution in [3.05, 3.63) is 99.0 Å². The molecule has 30 heavy (non-hydrogen) atoms. The highest BCUT2D eigenvalue weighted by molar-refractivity contribution is 5.69. The number of hydrogen-bond acceptors (Lipinski definition) is 3. The van der Waals surface area contributed by atoms with Crippen LogP contribution in [0.3, 0.4) is 0 Å². The Balaban J connectivity index is 1.50. The van der Waals surface area contributed by atoms with Crippen molar-refractivity contribution in [2.45, 2.75) is 31.7 Å². The van der Waals surface area contributed by atoms with Gasteiger partial charge in [-0.15, -0.1) is 0 Å². The Hall–Kier alpha value is -3.41. The van der Waals surface area contributed by atoms with Gasteiger partial charge in [0.2, 0.25) is 0 Å². The lowest BCUT2D eigenvalue weighted by molar-refractivity contribution is 0.569. The van der Waals surface area contributed by atoms with Crippen LogP contribution in [0.4, 0.5) is 0 Å². The monoisotopic (exact) mass is 402 g/mol. The number of benzene rings is 2. The van der Waals surface area contributed by atoms with Gasteiger partial charge in [-0.3, -0.25) is 13.9 Å². The molecule has 0 aliphatic heterocycles. The maximum absolute atomic E-state index is 12.6. The molecule has 0 aliphatic rings. The summed E-state index contributed by atoms with van der Waals surface area (Å²) in [6.45, 7) is 0.695. The highest BCUT2D eigenvalue weighted by Crippen LogP contribution is 2.29. The topological polar surface area (TPSA) is 61.8 Å². The van der Waals surface area contributed by atoms with Gasteiger partial charge in [0.15, 0.2) is 11.2 Å². The van der Waals surface area contributed by atoms with E-state index >= 15 is 0 Å². The van der Waals surface area contributed by atoms with Crippen LogP contribution in [0.15, 0.2) is 76.6 Å². The van der Waals surface area contributed by atoms with E-state index in [1.807, 2.05) is 16.7 Å². The van der Waals surface area contributed by atoms with Gasteiger partial charge in [0, 0.05) is 26.6 Å². The maximum Gasteiger partial charge on any atom is 0.332 e. The summed E-state index contributed by atoms with van der Waals surface area (Å²) < 4.78 is 4.44. The number of aromatic nitrogens is 4. The van der Waals surface area contributed by atoms with Gasteiger partial charge in [-0.05, 0) is 24.0 Å². The van der Waals surface area contributed by atoms with E-state index in [9.17, 15) is 9.59 Å². The fourth-order valence-electron chi connectivity index (χ4n) is 4.09. The largest absolute Gasteiger partial charge is 0.332 e. The second kappa shape index (κ2) is 8.53. The van der Waals surface area contributed by atoms with Crippen molar-refractivity contribution >= 4 is 11.2 Å². The van der Waals surface area contributed by atoms with Crippen LogP contribution >= 0.6 is 0 Å². The minimum absolute atomic E-state index is 0.294. The summed E-state index contributed by atoms with van der Waals surface area (Å²) in [5.74, 6) is 0.348. The molecule has 4 rings (SSSR count). The quantitative estimate of drug-likeness (QED) is 0.445. The average Bonchev–Trinajstić information content (AvgIpc) is 3.21. The molecule has 2 heterocycles. The molecule has 2 aromatic heterocycles. The molecule has 0 fully saturated rings. The molecule has 0 amide bonds. The van der Waals surface area contributed by atoms with Crippen LogP contribution in [-0.2, 0) is 20.6 Å². The molecule has 0 atom stereocenters. The van der Waals surface area contributed by atoms with E-state index in [-0.39, 0.29) is 11.2 Å². The van der Waals surface area contributed by atoms with Crippen molar-refractivity contribution in [3.63, 3.8) is 0 Å². The zero-order valence-electron chi connectivity index (χ0n) is 17.4. The molecule has 0 aliphatic carbocycles. The van der Waals surface area contributed by atoms with Crippen LogP contribution in [0.1, 0.15) is 36.3 Å². The van der Waals surface area contributed by atoms with Crippen molar-refractivity contribution in [1.82, 2.24) is 18.7 Å². The molecule has 0 saturated heterocycles. The Morgan fingerprint density at radius 3 is 2.03 bits per heavy atom. The molecular weight excluding hydrogens is 376 g/mol. The number of aryl methyl sites for hydroxylation is 2. The first kappa shape index (κ1) is 19.9. The molecule has 0 saturated carbocycles. The number of unbranched alkanes of at least 4 members (excludes halogenated alkanes) is 1. The maximum atomic E-state index is 12.6. The molecule has 6 nitrogen and oxygen atoms in total. The van der Waals surface area contributed by atoms with Crippen molar-refractivity contribution in [3.8, 4) is 0 Å². The molecule has 0 radical (unpaired) electrons. The van der Waals surface area contributed by atoms with Gasteiger partial charge in [0.25, 0.3) is 5.56 Å². The highest BCUT2D eigenvalue weighted by atomic mass is 16.2. The van der Waals surface area contributed by atoms with Gasteiger partial charge in [0.1, 0.15) is 0 Å². The molecule has 6 heteroatoms. The zero-order chi connectivity index (χ0) is 21.1. The Bertz CT molecular complexity index is 1210. The number of nitrogens with zero attached hydrogens (tertiary/aromatic N) is 4. The third-order valence-electron chi connectivity index (χ3n) is 5.76. The zero-order valence-corrected chi connectivity index (χ0v) is 17.4.